The number of aromatic nitrogens is 2. The molecule has 0 fully saturated rings. The van der Waals surface area contributed by atoms with Gasteiger partial charge in [0.15, 0.2) is 0 Å². The Balaban J connectivity index is 1.84. The molecule has 3 nitrogen and oxygen atoms in total. The van der Waals surface area contributed by atoms with Crippen LogP contribution in [-0.2, 0) is 0 Å². The molecule has 3 aromatic rings. The standard InChI is InChI=1S/C15H13Cl2N3S/c1-9(10-5-3-2-4-6-10)8-18-13-11(16)7-12(17)14-15(13)20-21-19-14/h2-7,9,18H,8H2,1H3. The zero-order valence-electron chi connectivity index (χ0n) is 11.3. The predicted molar refractivity (Wildman–Crippen MR) is 90.8 cm³/mol. The van der Waals surface area contributed by atoms with Crippen molar-refractivity contribution in [3.05, 3.63) is 52.0 Å². The van der Waals surface area contributed by atoms with Gasteiger partial charge in [0.1, 0.15) is 11.0 Å². The Bertz CT molecular complexity index is 758. The maximum absolute atomic E-state index is 6.28. The van der Waals surface area contributed by atoms with Crippen LogP contribution in [-0.4, -0.2) is 15.3 Å². The van der Waals surface area contributed by atoms with Crippen LogP contribution in [0, 0.1) is 0 Å². The van der Waals surface area contributed by atoms with E-state index >= 15 is 0 Å². The molecule has 108 valence electrons. The normalized spacial score (nSPS) is 12.5. The quantitative estimate of drug-likeness (QED) is 0.709. The van der Waals surface area contributed by atoms with E-state index in [0.717, 1.165) is 29.5 Å². The summed E-state index contributed by atoms with van der Waals surface area (Å²) >= 11 is 13.5. The highest BCUT2D eigenvalue weighted by molar-refractivity contribution is 7.00. The van der Waals surface area contributed by atoms with Crippen molar-refractivity contribution in [2.75, 3.05) is 11.9 Å². The fourth-order valence-corrected chi connectivity index (χ4v) is 3.38. The number of nitrogens with one attached hydrogen (secondary N) is 1. The van der Waals surface area contributed by atoms with E-state index in [-0.39, 0.29) is 0 Å². The first-order chi connectivity index (χ1) is 10.2. The summed E-state index contributed by atoms with van der Waals surface area (Å²) in [6.07, 6.45) is 0. The van der Waals surface area contributed by atoms with Crippen molar-refractivity contribution in [3.63, 3.8) is 0 Å². The summed E-state index contributed by atoms with van der Waals surface area (Å²) in [4.78, 5) is 0. The Labute approximate surface area is 137 Å². The maximum atomic E-state index is 6.28. The molecule has 6 heteroatoms. The van der Waals surface area contributed by atoms with Gasteiger partial charge < -0.3 is 5.32 Å². The van der Waals surface area contributed by atoms with Gasteiger partial charge in [0, 0.05) is 6.54 Å². The van der Waals surface area contributed by atoms with Crippen LogP contribution in [0.25, 0.3) is 11.0 Å². The van der Waals surface area contributed by atoms with E-state index in [1.807, 2.05) is 18.2 Å². The molecule has 1 heterocycles. The first-order valence-electron chi connectivity index (χ1n) is 6.56. The molecule has 1 N–H and O–H groups in total. The monoisotopic (exact) mass is 337 g/mol. The topological polar surface area (TPSA) is 37.8 Å². The second-order valence-corrected chi connectivity index (χ2v) is 6.21. The molecule has 1 atom stereocenters. The average molecular weight is 338 g/mol. The molecule has 0 saturated heterocycles. The van der Waals surface area contributed by atoms with Gasteiger partial charge in [-0.3, -0.25) is 0 Å². The highest BCUT2D eigenvalue weighted by atomic mass is 35.5. The zero-order chi connectivity index (χ0) is 14.8. The van der Waals surface area contributed by atoms with E-state index in [0.29, 0.717) is 21.5 Å². The van der Waals surface area contributed by atoms with E-state index in [2.05, 4.69) is 33.1 Å². The summed E-state index contributed by atoms with van der Waals surface area (Å²) in [5.41, 5.74) is 3.51. The molecular formula is C15H13Cl2N3S. The lowest BCUT2D eigenvalue weighted by molar-refractivity contribution is 0.805. The second kappa shape index (κ2) is 6.18. The van der Waals surface area contributed by atoms with Crippen molar-refractivity contribution in [1.82, 2.24) is 8.75 Å². The zero-order valence-corrected chi connectivity index (χ0v) is 13.6. The number of anilines is 1. The third-order valence-electron chi connectivity index (χ3n) is 3.40. The molecule has 1 aromatic heterocycles. The lowest BCUT2D eigenvalue weighted by Crippen LogP contribution is -2.10. The molecule has 0 spiro atoms. The third-order valence-corrected chi connectivity index (χ3v) is 4.51. The molecule has 0 aliphatic heterocycles. The minimum atomic E-state index is 0.361. The minimum absolute atomic E-state index is 0.361. The van der Waals surface area contributed by atoms with Crippen molar-refractivity contribution in [2.24, 2.45) is 0 Å². The summed E-state index contributed by atoms with van der Waals surface area (Å²) in [5.74, 6) is 0.361. The minimum Gasteiger partial charge on any atom is -0.381 e. The van der Waals surface area contributed by atoms with Crippen molar-refractivity contribution < 1.29 is 0 Å². The Hall–Kier alpha value is -1.36. The van der Waals surface area contributed by atoms with Crippen LogP contribution in [0.5, 0.6) is 0 Å². The Morgan fingerprint density at radius 2 is 1.81 bits per heavy atom. The predicted octanol–water partition coefficient (Wildman–Crippen LogP) is 5.21. The van der Waals surface area contributed by atoms with Crippen LogP contribution in [0.3, 0.4) is 0 Å². The summed E-state index contributed by atoms with van der Waals surface area (Å²) in [6, 6.07) is 12.1. The SMILES string of the molecule is CC(CNc1c(Cl)cc(Cl)c2nsnc12)c1ccccc1. The third kappa shape index (κ3) is 2.98. The van der Waals surface area contributed by atoms with Gasteiger partial charge >= 0.3 is 0 Å². The van der Waals surface area contributed by atoms with Gasteiger partial charge in [-0.15, -0.1) is 0 Å². The van der Waals surface area contributed by atoms with Crippen molar-refractivity contribution in [3.8, 4) is 0 Å². The molecule has 21 heavy (non-hydrogen) atoms. The van der Waals surface area contributed by atoms with Gasteiger partial charge in [-0.05, 0) is 17.5 Å². The summed E-state index contributed by atoms with van der Waals surface area (Å²) < 4.78 is 8.50. The number of fused-ring (bicyclic) bond motifs is 1. The van der Waals surface area contributed by atoms with Gasteiger partial charge in [-0.1, -0.05) is 60.5 Å². The van der Waals surface area contributed by atoms with Crippen molar-refractivity contribution in [1.29, 1.82) is 0 Å². The van der Waals surface area contributed by atoms with Gasteiger partial charge in [0.05, 0.1) is 27.5 Å². The van der Waals surface area contributed by atoms with Gasteiger partial charge in [-0.2, -0.15) is 8.75 Å². The highest BCUT2D eigenvalue weighted by Crippen LogP contribution is 2.35. The lowest BCUT2D eigenvalue weighted by Gasteiger charge is -2.15. The van der Waals surface area contributed by atoms with E-state index in [4.69, 9.17) is 23.2 Å². The molecule has 3 rings (SSSR count). The largest absolute Gasteiger partial charge is 0.381 e. The molecule has 2 aromatic carbocycles. The molecule has 0 aliphatic rings. The number of nitrogens with zero attached hydrogens (tertiary/aromatic N) is 2. The van der Waals surface area contributed by atoms with Crippen LogP contribution in [0.1, 0.15) is 18.4 Å². The number of hydrogen-bond donors (Lipinski definition) is 1. The fourth-order valence-electron chi connectivity index (χ4n) is 2.20. The number of benzene rings is 2. The van der Waals surface area contributed by atoms with Crippen LogP contribution >= 0.6 is 34.9 Å². The molecule has 0 radical (unpaired) electrons. The van der Waals surface area contributed by atoms with Crippen LogP contribution in [0.15, 0.2) is 36.4 Å². The number of rotatable bonds is 4. The van der Waals surface area contributed by atoms with Crippen LogP contribution in [0.4, 0.5) is 5.69 Å². The Morgan fingerprint density at radius 3 is 2.57 bits per heavy atom. The number of hydrogen-bond acceptors (Lipinski definition) is 4. The van der Waals surface area contributed by atoms with Crippen molar-refractivity contribution in [2.45, 2.75) is 12.8 Å². The van der Waals surface area contributed by atoms with Gasteiger partial charge in [0.25, 0.3) is 0 Å². The van der Waals surface area contributed by atoms with E-state index in [1.165, 1.54) is 5.56 Å². The Morgan fingerprint density at radius 1 is 1.10 bits per heavy atom. The van der Waals surface area contributed by atoms with Gasteiger partial charge in [-0.25, -0.2) is 0 Å². The molecule has 0 saturated carbocycles. The molecule has 0 aliphatic carbocycles. The first-order valence-corrected chi connectivity index (χ1v) is 8.04. The van der Waals surface area contributed by atoms with Crippen LogP contribution in [0.2, 0.25) is 10.0 Å². The average Bonchev–Trinajstić information content (AvgIpc) is 2.97. The Kier molecular flexibility index (Phi) is 4.29. The lowest BCUT2D eigenvalue weighted by atomic mass is 10.0. The van der Waals surface area contributed by atoms with E-state index < -0.39 is 0 Å². The molecule has 0 amide bonds. The van der Waals surface area contributed by atoms with E-state index in [1.54, 1.807) is 6.07 Å². The summed E-state index contributed by atoms with van der Waals surface area (Å²) in [6.45, 7) is 2.93. The van der Waals surface area contributed by atoms with Crippen molar-refractivity contribution >= 4 is 51.7 Å². The van der Waals surface area contributed by atoms with Gasteiger partial charge in [0.2, 0.25) is 0 Å². The summed E-state index contributed by atoms with van der Waals surface area (Å²) in [7, 11) is 0. The smallest absolute Gasteiger partial charge is 0.130 e. The van der Waals surface area contributed by atoms with E-state index in [9.17, 15) is 0 Å². The molecular weight excluding hydrogens is 325 g/mol. The maximum Gasteiger partial charge on any atom is 0.130 e. The number of halogens is 2. The fraction of sp³-hybridized carbons (Fsp3) is 0.200. The second-order valence-electron chi connectivity index (χ2n) is 4.87. The first kappa shape index (κ1) is 14.6. The summed E-state index contributed by atoms with van der Waals surface area (Å²) in [5, 5.41) is 4.48. The highest BCUT2D eigenvalue weighted by Gasteiger charge is 2.14. The molecule has 1 unspecified atom stereocenters. The molecule has 0 bridgehead atoms. The van der Waals surface area contributed by atoms with Crippen LogP contribution < -0.4 is 5.32 Å².